The fourth-order valence-electron chi connectivity index (χ4n) is 3.35. The Bertz CT molecular complexity index is 911. The maximum Gasteiger partial charge on any atom is 0.323 e. The highest BCUT2D eigenvalue weighted by molar-refractivity contribution is 9.10. The summed E-state index contributed by atoms with van der Waals surface area (Å²) in [6.45, 7) is 12.1. The second-order valence-corrected chi connectivity index (χ2v) is 15.1. The molecule has 1 aliphatic heterocycles. The van der Waals surface area contributed by atoms with E-state index in [0.717, 1.165) is 4.47 Å². The Morgan fingerprint density at radius 1 is 1.26 bits per heavy atom. The van der Waals surface area contributed by atoms with Crippen LogP contribution in [0.15, 0.2) is 28.7 Å². The summed E-state index contributed by atoms with van der Waals surface area (Å²) in [5.41, 5.74) is 0.481. The lowest BCUT2D eigenvalue weighted by Crippen LogP contribution is -2.66. The van der Waals surface area contributed by atoms with Gasteiger partial charge in [-0.15, -0.1) is 0 Å². The van der Waals surface area contributed by atoms with Gasteiger partial charge in [-0.25, -0.2) is 0 Å². The smallest absolute Gasteiger partial charge is 0.323 e. The molecule has 1 aromatic carbocycles. The van der Waals surface area contributed by atoms with Crippen molar-refractivity contribution < 1.29 is 23.9 Å². The third kappa shape index (κ3) is 6.06. The van der Waals surface area contributed by atoms with Gasteiger partial charge in [0.25, 0.3) is 0 Å². The first-order valence-corrected chi connectivity index (χ1v) is 13.9. The lowest BCUT2D eigenvalue weighted by atomic mass is 9.81. The number of halogens is 1. The molecule has 0 radical (unpaired) electrons. The van der Waals surface area contributed by atoms with E-state index in [1.807, 2.05) is 6.92 Å². The lowest BCUT2D eigenvalue weighted by Gasteiger charge is -2.50. The number of ketones is 1. The number of carboxylic acids is 1. The Hall–Kier alpha value is -1.95. The Kier molecular flexibility index (Phi) is 7.90. The SMILES string of the molecule is CC(O[Si](C)(C)C(C)(C)C)C1C(=O)N(CC(=O)O)C1CC#CC(=O)c1ccc(Br)cc1. The number of carboxylic acid groups (broad SMARTS) is 1. The van der Waals surface area contributed by atoms with Gasteiger partial charge in [0.15, 0.2) is 8.32 Å². The van der Waals surface area contributed by atoms with Gasteiger partial charge in [0, 0.05) is 16.5 Å². The zero-order valence-electron chi connectivity index (χ0n) is 18.9. The quantitative estimate of drug-likeness (QED) is 0.195. The van der Waals surface area contributed by atoms with Crippen molar-refractivity contribution in [2.45, 2.75) is 64.4 Å². The summed E-state index contributed by atoms with van der Waals surface area (Å²) in [6, 6.07) is 6.51. The maximum absolute atomic E-state index is 12.7. The molecule has 6 nitrogen and oxygen atoms in total. The second kappa shape index (κ2) is 9.68. The van der Waals surface area contributed by atoms with Crippen LogP contribution in [0.2, 0.25) is 18.1 Å². The van der Waals surface area contributed by atoms with Crippen LogP contribution in [-0.4, -0.2) is 54.7 Å². The number of likely N-dealkylation sites (tertiary alicyclic amines) is 1. The molecule has 3 unspecified atom stereocenters. The zero-order chi connectivity index (χ0) is 23.6. The summed E-state index contributed by atoms with van der Waals surface area (Å²) in [5.74, 6) is 3.38. The predicted molar refractivity (Wildman–Crippen MR) is 125 cm³/mol. The molecule has 1 aromatic rings. The minimum absolute atomic E-state index is 0.0127. The number of hydrogen-bond donors (Lipinski definition) is 1. The number of hydrogen-bond acceptors (Lipinski definition) is 4. The van der Waals surface area contributed by atoms with Gasteiger partial charge in [-0.1, -0.05) is 42.6 Å². The van der Waals surface area contributed by atoms with Crippen molar-refractivity contribution in [1.29, 1.82) is 0 Å². The van der Waals surface area contributed by atoms with Gasteiger partial charge in [-0.3, -0.25) is 14.4 Å². The first kappa shape index (κ1) is 25.3. The predicted octanol–water partition coefficient (Wildman–Crippen LogP) is 4.35. The highest BCUT2D eigenvalue weighted by Crippen LogP contribution is 2.40. The van der Waals surface area contributed by atoms with Crippen molar-refractivity contribution in [3.8, 4) is 11.8 Å². The summed E-state index contributed by atoms with van der Waals surface area (Å²) in [6.07, 6.45) is -0.135. The normalized spacial score (nSPS) is 19.8. The zero-order valence-corrected chi connectivity index (χ0v) is 21.4. The van der Waals surface area contributed by atoms with Crippen molar-refractivity contribution >= 4 is 41.9 Å². The van der Waals surface area contributed by atoms with Crippen LogP contribution in [-0.2, 0) is 14.0 Å². The maximum atomic E-state index is 12.7. The van der Waals surface area contributed by atoms with Crippen LogP contribution in [0.1, 0.15) is 44.5 Å². The van der Waals surface area contributed by atoms with E-state index in [1.54, 1.807) is 24.3 Å². The largest absolute Gasteiger partial charge is 0.480 e. The van der Waals surface area contributed by atoms with Crippen molar-refractivity contribution in [3.63, 3.8) is 0 Å². The molecule has 1 aliphatic rings. The molecule has 0 saturated carbocycles. The van der Waals surface area contributed by atoms with Crippen LogP contribution in [0.3, 0.4) is 0 Å². The summed E-state index contributed by atoms with van der Waals surface area (Å²) in [4.78, 5) is 37.5. The summed E-state index contributed by atoms with van der Waals surface area (Å²) in [5, 5.41) is 9.16. The van der Waals surface area contributed by atoms with Crippen LogP contribution < -0.4 is 0 Å². The van der Waals surface area contributed by atoms with E-state index in [0.29, 0.717) is 5.56 Å². The van der Waals surface area contributed by atoms with Crippen molar-refractivity contribution in [1.82, 2.24) is 4.90 Å². The fourth-order valence-corrected chi connectivity index (χ4v) is 5.04. The van der Waals surface area contributed by atoms with Crippen molar-refractivity contribution in [3.05, 3.63) is 34.3 Å². The minimum atomic E-state index is -2.11. The van der Waals surface area contributed by atoms with Crippen LogP contribution in [0.25, 0.3) is 0 Å². The molecule has 0 bridgehead atoms. The van der Waals surface area contributed by atoms with Gasteiger partial charge in [0.05, 0.1) is 18.1 Å². The van der Waals surface area contributed by atoms with Crippen LogP contribution in [0.5, 0.6) is 0 Å². The summed E-state index contributed by atoms with van der Waals surface area (Å²) in [7, 11) is -2.11. The van der Waals surface area contributed by atoms with Gasteiger partial charge in [0.1, 0.15) is 6.54 Å². The van der Waals surface area contributed by atoms with Gasteiger partial charge in [-0.2, -0.15) is 0 Å². The molecule has 1 amide bonds. The van der Waals surface area contributed by atoms with Gasteiger partial charge >= 0.3 is 5.97 Å². The molecule has 0 aromatic heterocycles. The highest BCUT2D eigenvalue weighted by atomic mass is 79.9. The monoisotopic (exact) mass is 507 g/mol. The number of carbonyl (C=O) groups excluding carboxylic acids is 2. The van der Waals surface area contributed by atoms with E-state index in [-0.39, 0.29) is 35.8 Å². The van der Waals surface area contributed by atoms with Crippen LogP contribution in [0, 0.1) is 17.8 Å². The number of benzene rings is 1. The number of β-lactam (4-membered cyclic amide) rings is 1. The number of Topliss-reactive ketones (excluding diaryl/α,β-unsaturated/α-hetero) is 1. The van der Waals surface area contributed by atoms with E-state index in [4.69, 9.17) is 4.43 Å². The van der Waals surface area contributed by atoms with Crippen LogP contribution in [0.4, 0.5) is 0 Å². The molecule has 3 atom stereocenters. The molecule has 31 heavy (non-hydrogen) atoms. The first-order chi connectivity index (χ1) is 14.2. The van der Waals surface area contributed by atoms with E-state index in [9.17, 15) is 19.5 Å². The molecule has 0 spiro atoms. The third-order valence-electron chi connectivity index (χ3n) is 6.10. The number of carbonyl (C=O) groups is 3. The van der Waals surface area contributed by atoms with E-state index >= 15 is 0 Å². The van der Waals surface area contributed by atoms with Gasteiger partial charge in [-0.05, 0) is 55.2 Å². The average molecular weight is 508 g/mol. The highest BCUT2D eigenvalue weighted by Gasteiger charge is 2.52. The molecule has 1 saturated heterocycles. The molecule has 168 valence electrons. The molecule has 0 aliphatic carbocycles. The number of rotatable bonds is 7. The Balaban J connectivity index is 2.16. The van der Waals surface area contributed by atoms with E-state index in [2.05, 4.69) is 61.6 Å². The Morgan fingerprint density at radius 2 is 1.84 bits per heavy atom. The van der Waals surface area contributed by atoms with Gasteiger partial charge in [0.2, 0.25) is 11.7 Å². The number of amides is 1. The Labute approximate surface area is 193 Å². The lowest BCUT2D eigenvalue weighted by molar-refractivity contribution is -0.168. The molecule has 1 heterocycles. The minimum Gasteiger partial charge on any atom is -0.480 e. The molecule has 1 N–H and O–H groups in total. The first-order valence-electron chi connectivity index (χ1n) is 10.2. The van der Waals surface area contributed by atoms with E-state index in [1.165, 1.54) is 4.90 Å². The summed E-state index contributed by atoms with van der Waals surface area (Å²) < 4.78 is 7.26. The Morgan fingerprint density at radius 3 is 2.35 bits per heavy atom. The average Bonchev–Trinajstić information content (AvgIpc) is 2.64. The topological polar surface area (TPSA) is 83.9 Å². The molecule has 1 fully saturated rings. The molecule has 8 heteroatoms. The van der Waals surface area contributed by atoms with Crippen LogP contribution >= 0.6 is 15.9 Å². The van der Waals surface area contributed by atoms with Gasteiger partial charge < -0.3 is 14.4 Å². The molecular formula is C23H30BrNO5Si. The summed E-state index contributed by atoms with van der Waals surface area (Å²) >= 11 is 3.33. The van der Waals surface area contributed by atoms with Crippen molar-refractivity contribution in [2.75, 3.05) is 6.54 Å². The number of nitrogens with zero attached hydrogens (tertiary/aromatic N) is 1. The standard InChI is InChI=1S/C23H30BrNO5Si/c1-15(30-31(5,6)23(2,3)4)21-18(25(22(21)29)14-20(27)28)8-7-9-19(26)16-10-12-17(24)13-11-16/h10-13,15,18,21H,8,14H2,1-6H3,(H,27,28). The number of aliphatic carboxylic acids is 1. The molecular weight excluding hydrogens is 478 g/mol. The second-order valence-electron chi connectivity index (χ2n) is 9.38. The fraction of sp³-hybridized carbons (Fsp3) is 0.522. The third-order valence-corrected chi connectivity index (χ3v) is 11.2. The van der Waals surface area contributed by atoms with Crippen molar-refractivity contribution in [2.24, 2.45) is 5.92 Å². The van der Waals surface area contributed by atoms with E-state index < -0.39 is 26.2 Å². The molecule has 2 rings (SSSR count).